The van der Waals surface area contributed by atoms with E-state index in [1.165, 1.54) is 16.9 Å². The summed E-state index contributed by atoms with van der Waals surface area (Å²) in [5.41, 5.74) is 3.49. The van der Waals surface area contributed by atoms with Crippen molar-refractivity contribution in [3.05, 3.63) is 41.2 Å². The zero-order valence-electron chi connectivity index (χ0n) is 11.5. The summed E-state index contributed by atoms with van der Waals surface area (Å²) in [6, 6.07) is 6.04. The minimum absolute atomic E-state index is 0.182. The summed E-state index contributed by atoms with van der Waals surface area (Å²) in [7, 11) is 1.75. The van der Waals surface area contributed by atoms with E-state index in [-0.39, 0.29) is 5.91 Å². The molecule has 1 aromatic carbocycles. The van der Waals surface area contributed by atoms with Crippen LogP contribution in [-0.4, -0.2) is 20.7 Å². The smallest absolute Gasteiger partial charge is 0.275 e. The molecule has 0 unspecified atom stereocenters. The van der Waals surface area contributed by atoms with Gasteiger partial charge in [-0.3, -0.25) is 14.8 Å². The first-order valence-corrected chi connectivity index (χ1v) is 7.03. The Morgan fingerprint density at radius 2 is 2.15 bits per heavy atom. The van der Waals surface area contributed by atoms with E-state index >= 15 is 0 Å². The highest BCUT2D eigenvalue weighted by atomic mass is 32.1. The monoisotopic (exact) mass is 286 g/mol. The number of anilines is 1. The van der Waals surface area contributed by atoms with Gasteiger partial charge in [-0.05, 0) is 37.1 Å². The molecule has 0 fully saturated rings. The number of fused-ring (bicyclic) bond motifs is 1. The van der Waals surface area contributed by atoms with Gasteiger partial charge in [-0.25, -0.2) is 4.98 Å². The molecule has 0 aliphatic rings. The maximum atomic E-state index is 12.3. The lowest BCUT2D eigenvalue weighted by Crippen LogP contribution is -2.17. The molecule has 20 heavy (non-hydrogen) atoms. The van der Waals surface area contributed by atoms with Crippen LogP contribution in [0.4, 0.5) is 5.13 Å². The Hall–Kier alpha value is -2.21. The van der Waals surface area contributed by atoms with Crippen molar-refractivity contribution in [2.45, 2.75) is 13.8 Å². The molecular weight excluding hydrogens is 272 g/mol. The number of thiazole rings is 1. The highest BCUT2D eigenvalue weighted by molar-refractivity contribution is 7.22. The average molecular weight is 286 g/mol. The van der Waals surface area contributed by atoms with Crippen LogP contribution >= 0.6 is 11.3 Å². The van der Waals surface area contributed by atoms with Gasteiger partial charge in [-0.15, -0.1) is 0 Å². The van der Waals surface area contributed by atoms with Gasteiger partial charge in [-0.1, -0.05) is 17.4 Å². The molecule has 5 nitrogen and oxygen atoms in total. The van der Waals surface area contributed by atoms with Gasteiger partial charge < -0.3 is 0 Å². The van der Waals surface area contributed by atoms with Gasteiger partial charge in [0.2, 0.25) is 0 Å². The number of nitrogens with one attached hydrogen (secondary N) is 1. The summed E-state index contributed by atoms with van der Waals surface area (Å²) >= 11 is 1.48. The van der Waals surface area contributed by atoms with Crippen LogP contribution in [0.5, 0.6) is 0 Å². The number of amides is 1. The molecule has 0 saturated carbocycles. The van der Waals surface area contributed by atoms with Crippen LogP contribution in [-0.2, 0) is 7.05 Å². The first-order chi connectivity index (χ1) is 9.54. The van der Waals surface area contributed by atoms with Crippen LogP contribution < -0.4 is 5.32 Å². The summed E-state index contributed by atoms with van der Waals surface area (Å²) in [4.78, 5) is 16.7. The number of nitrogens with zero attached hydrogens (tertiary/aromatic N) is 3. The first-order valence-electron chi connectivity index (χ1n) is 6.22. The third-order valence-electron chi connectivity index (χ3n) is 3.10. The molecule has 0 aliphatic heterocycles. The molecule has 0 aliphatic carbocycles. The lowest BCUT2D eigenvalue weighted by Gasteiger charge is -2.02. The van der Waals surface area contributed by atoms with Crippen LogP contribution in [0.15, 0.2) is 24.4 Å². The number of aromatic nitrogens is 3. The fraction of sp³-hybridized carbons (Fsp3) is 0.214. The Bertz CT molecular complexity index is 783. The van der Waals surface area contributed by atoms with Gasteiger partial charge >= 0.3 is 0 Å². The number of rotatable bonds is 2. The highest BCUT2D eigenvalue weighted by Gasteiger charge is 2.16. The van der Waals surface area contributed by atoms with Gasteiger partial charge in [0.05, 0.1) is 16.4 Å². The van der Waals surface area contributed by atoms with Crippen LogP contribution in [0.25, 0.3) is 10.2 Å². The SMILES string of the molecule is Cc1ccc2nc(NC(=O)c3c(C)cnn3C)sc2c1. The predicted octanol–water partition coefficient (Wildman–Crippen LogP) is 2.90. The summed E-state index contributed by atoms with van der Waals surface area (Å²) < 4.78 is 2.64. The predicted molar refractivity (Wildman–Crippen MR) is 80.3 cm³/mol. The summed E-state index contributed by atoms with van der Waals surface area (Å²) in [5, 5.41) is 7.52. The third-order valence-corrected chi connectivity index (χ3v) is 4.03. The second-order valence-electron chi connectivity index (χ2n) is 4.74. The Labute approximate surface area is 120 Å². The van der Waals surface area contributed by atoms with Crippen molar-refractivity contribution in [3.8, 4) is 0 Å². The lowest BCUT2D eigenvalue weighted by molar-refractivity contribution is 0.101. The van der Waals surface area contributed by atoms with Crippen LogP contribution in [0.2, 0.25) is 0 Å². The summed E-state index contributed by atoms with van der Waals surface area (Å²) in [6.45, 7) is 3.90. The fourth-order valence-electron chi connectivity index (χ4n) is 2.11. The number of aryl methyl sites for hydroxylation is 3. The van der Waals surface area contributed by atoms with Crippen molar-refractivity contribution in [1.29, 1.82) is 0 Å². The zero-order chi connectivity index (χ0) is 14.3. The number of hydrogen-bond acceptors (Lipinski definition) is 4. The van der Waals surface area contributed by atoms with E-state index in [1.807, 2.05) is 26.0 Å². The quantitative estimate of drug-likeness (QED) is 0.788. The van der Waals surface area contributed by atoms with E-state index in [9.17, 15) is 4.79 Å². The summed E-state index contributed by atoms with van der Waals surface area (Å²) in [6.07, 6.45) is 1.68. The second-order valence-corrected chi connectivity index (χ2v) is 5.77. The summed E-state index contributed by atoms with van der Waals surface area (Å²) in [5.74, 6) is -0.182. The molecule has 3 aromatic rings. The molecule has 102 valence electrons. The molecule has 0 bridgehead atoms. The third kappa shape index (κ3) is 2.18. The molecule has 1 N–H and O–H groups in total. The van der Waals surface area contributed by atoms with Gasteiger partial charge in [-0.2, -0.15) is 5.10 Å². The van der Waals surface area contributed by atoms with Gasteiger partial charge in [0.1, 0.15) is 5.69 Å². The molecule has 1 amide bonds. The average Bonchev–Trinajstić information content (AvgIpc) is 2.92. The first kappa shape index (κ1) is 12.8. The molecular formula is C14H14N4OS. The van der Waals surface area contributed by atoms with E-state index in [0.717, 1.165) is 15.8 Å². The molecule has 0 saturated heterocycles. The van der Waals surface area contributed by atoms with E-state index in [4.69, 9.17) is 0 Å². The van der Waals surface area contributed by atoms with E-state index in [0.29, 0.717) is 10.8 Å². The number of carbonyl (C=O) groups excluding carboxylic acids is 1. The topological polar surface area (TPSA) is 59.8 Å². The molecule has 0 atom stereocenters. The van der Waals surface area contributed by atoms with Gasteiger partial charge in [0.15, 0.2) is 5.13 Å². The normalized spacial score (nSPS) is 10.9. The Morgan fingerprint density at radius 1 is 1.35 bits per heavy atom. The van der Waals surface area contributed by atoms with E-state index in [2.05, 4.69) is 21.5 Å². The lowest BCUT2D eigenvalue weighted by atomic mass is 10.2. The van der Waals surface area contributed by atoms with Crippen LogP contribution in [0.3, 0.4) is 0 Å². The second kappa shape index (κ2) is 4.72. The van der Waals surface area contributed by atoms with Gasteiger partial charge in [0, 0.05) is 7.05 Å². The van der Waals surface area contributed by atoms with E-state index in [1.54, 1.807) is 17.9 Å². The number of benzene rings is 1. The van der Waals surface area contributed by atoms with Gasteiger partial charge in [0.25, 0.3) is 5.91 Å². The van der Waals surface area contributed by atoms with Crippen molar-refractivity contribution in [2.75, 3.05) is 5.32 Å². The minimum atomic E-state index is -0.182. The Morgan fingerprint density at radius 3 is 2.85 bits per heavy atom. The standard InChI is InChI=1S/C14H14N4OS/c1-8-4-5-10-11(6-8)20-14(16-10)17-13(19)12-9(2)7-15-18(12)3/h4-7H,1-3H3,(H,16,17,19). The van der Waals surface area contributed by atoms with Crippen molar-refractivity contribution >= 4 is 32.6 Å². The number of carbonyl (C=O) groups is 1. The molecule has 0 radical (unpaired) electrons. The van der Waals surface area contributed by atoms with Crippen molar-refractivity contribution in [2.24, 2.45) is 7.05 Å². The molecule has 6 heteroatoms. The molecule has 2 aromatic heterocycles. The molecule has 3 rings (SSSR count). The molecule has 2 heterocycles. The fourth-order valence-corrected chi connectivity index (χ4v) is 3.07. The highest BCUT2D eigenvalue weighted by Crippen LogP contribution is 2.27. The minimum Gasteiger partial charge on any atom is -0.296 e. The number of hydrogen-bond donors (Lipinski definition) is 1. The van der Waals surface area contributed by atoms with Crippen molar-refractivity contribution < 1.29 is 4.79 Å². The Balaban J connectivity index is 1.91. The zero-order valence-corrected chi connectivity index (χ0v) is 12.3. The van der Waals surface area contributed by atoms with Crippen LogP contribution in [0, 0.1) is 13.8 Å². The van der Waals surface area contributed by atoms with Crippen molar-refractivity contribution in [1.82, 2.24) is 14.8 Å². The Kier molecular flexibility index (Phi) is 3.02. The van der Waals surface area contributed by atoms with Crippen LogP contribution in [0.1, 0.15) is 21.6 Å². The van der Waals surface area contributed by atoms with Crippen molar-refractivity contribution in [3.63, 3.8) is 0 Å². The largest absolute Gasteiger partial charge is 0.296 e. The molecule has 0 spiro atoms. The maximum absolute atomic E-state index is 12.3. The van der Waals surface area contributed by atoms with E-state index < -0.39 is 0 Å². The maximum Gasteiger partial charge on any atom is 0.275 e.